The molecule has 1 amide bonds. The first-order chi connectivity index (χ1) is 9.74. The molecule has 1 heterocycles. The van der Waals surface area contributed by atoms with Crippen molar-refractivity contribution in [1.29, 1.82) is 0 Å². The van der Waals surface area contributed by atoms with E-state index >= 15 is 0 Å². The number of likely N-dealkylation sites (tertiary alicyclic amines) is 1. The molecule has 1 aliphatic rings. The lowest BCUT2D eigenvalue weighted by molar-refractivity contribution is -0.128. The number of nitrogens with zero attached hydrogens (tertiary/aromatic N) is 1. The summed E-state index contributed by atoms with van der Waals surface area (Å²) in [5.74, 6) is 0.301. The van der Waals surface area contributed by atoms with Gasteiger partial charge in [0.05, 0.1) is 0 Å². The SMILES string of the molecule is CCCc1ccc(C(CN2CCCC2=O)NCC)cc1. The van der Waals surface area contributed by atoms with Crippen molar-refractivity contribution in [3.8, 4) is 0 Å². The highest BCUT2D eigenvalue weighted by atomic mass is 16.2. The zero-order chi connectivity index (χ0) is 14.4. The van der Waals surface area contributed by atoms with Gasteiger partial charge in [-0.3, -0.25) is 4.79 Å². The number of carbonyl (C=O) groups excluding carboxylic acids is 1. The van der Waals surface area contributed by atoms with E-state index in [-0.39, 0.29) is 6.04 Å². The Bertz CT molecular complexity index is 427. The van der Waals surface area contributed by atoms with Crippen molar-refractivity contribution in [1.82, 2.24) is 10.2 Å². The summed E-state index contributed by atoms with van der Waals surface area (Å²) >= 11 is 0. The van der Waals surface area contributed by atoms with Crippen LogP contribution < -0.4 is 5.32 Å². The molecule has 3 nitrogen and oxygen atoms in total. The van der Waals surface area contributed by atoms with Crippen LogP contribution in [-0.4, -0.2) is 30.4 Å². The van der Waals surface area contributed by atoms with Gasteiger partial charge in [-0.15, -0.1) is 0 Å². The maximum Gasteiger partial charge on any atom is 0.222 e. The second-order valence-electron chi connectivity index (χ2n) is 5.55. The molecule has 0 saturated carbocycles. The number of amides is 1. The lowest BCUT2D eigenvalue weighted by atomic mass is 10.0. The van der Waals surface area contributed by atoms with Crippen LogP contribution in [0.4, 0.5) is 0 Å². The van der Waals surface area contributed by atoms with Crippen LogP contribution >= 0.6 is 0 Å². The number of hydrogen-bond acceptors (Lipinski definition) is 2. The number of carbonyl (C=O) groups is 1. The molecule has 0 aliphatic carbocycles. The topological polar surface area (TPSA) is 32.3 Å². The molecule has 3 heteroatoms. The van der Waals surface area contributed by atoms with E-state index in [2.05, 4.69) is 43.4 Å². The fraction of sp³-hybridized carbons (Fsp3) is 0.588. The smallest absolute Gasteiger partial charge is 0.222 e. The van der Waals surface area contributed by atoms with E-state index in [1.54, 1.807) is 0 Å². The van der Waals surface area contributed by atoms with E-state index in [0.29, 0.717) is 12.3 Å². The number of likely N-dealkylation sites (N-methyl/N-ethyl adjacent to an activating group) is 1. The van der Waals surface area contributed by atoms with Crippen LogP contribution in [0.2, 0.25) is 0 Å². The van der Waals surface area contributed by atoms with Crippen LogP contribution in [0, 0.1) is 0 Å². The first kappa shape index (κ1) is 15.0. The van der Waals surface area contributed by atoms with E-state index in [1.807, 2.05) is 4.90 Å². The third kappa shape index (κ3) is 3.83. The molecule has 1 unspecified atom stereocenters. The quantitative estimate of drug-likeness (QED) is 0.829. The van der Waals surface area contributed by atoms with Gasteiger partial charge in [-0.2, -0.15) is 0 Å². The third-order valence-electron chi connectivity index (χ3n) is 3.95. The van der Waals surface area contributed by atoms with Gasteiger partial charge in [0.25, 0.3) is 0 Å². The molecule has 1 aromatic carbocycles. The molecule has 20 heavy (non-hydrogen) atoms. The first-order valence-electron chi connectivity index (χ1n) is 7.84. The Labute approximate surface area is 122 Å². The van der Waals surface area contributed by atoms with Crippen LogP contribution in [0.3, 0.4) is 0 Å². The molecule has 0 bridgehead atoms. The van der Waals surface area contributed by atoms with Gasteiger partial charge < -0.3 is 10.2 Å². The van der Waals surface area contributed by atoms with Crippen LogP contribution in [0.5, 0.6) is 0 Å². The van der Waals surface area contributed by atoms with Gasteiger partial charge in [0, 0.05) is 25.6 Å². The molecule has 1 saturated heterocycles. The number of rotatable bonds is 7. The first-order valence-corrected chi connectivity index (χ1v) is 7.84. The fourth-order valence-corrected chi connectivity index (χ4v) is 2.86. The number of hydrogen-bond donors (Lipinski definition) is 1. The van der Waals surface area contributed by atoms with E-state index in [9.17, 15) is 4.79 Å². The Morgan fingerprint density at radius 1 is 1.25 bits per heavy atom. The molecule has 0 aromatic heterocycles. The van der Waals surface area contributed by atoms with Crippen molar-refractivity contribution in [2.75, 3.05) is 19.6 Å². The summed E-state index contributed by atoms with van der Waals surface area (Å²) in [7, 11) is 0. The highest BCUT2D eigenvalue weighted by Gasteiger charge is 2.23. The summed E-state index contributed by atoms with van der Waals surface area (Å²) in [5, 5.41) is 3.50. The summed E-state index contributed by atoms with van der Waals surface area (Å²) in [6.45, 7) is 6.94. The van der Waals surface area contributed by atoms with Gasteiger partial charge >= 0.3 is 0 Å². The predicted octanol–water partition coefficient (Wildman–Crippen LogP) is 2.91. The Kier molecular flexibility index (Phi) is 5.60. The minimum Gasteiger partial charge on any atom is -0.341 e. The number of nitrogens with one attached hydrogen (secondary N) is 1. The average molecular weight is 274 g/mol. The summed E-state index contributed by atoms with van der Waals surface area (Å²) in [4.78, 5) is 13.8. The zero-order valence-electron chi connectivity index (χ0n) is 12.7. The van der Waals surface area contributed by atoms with E-state index in [0.717, 1.165) is 32.5 Å². The standard InChI is InChI=1S/C17H26N2O/c1-3-6-14-8-10-15(11-9-14)16(18-4-2)13-19-12-5-7-17(19)20/h8-11,16,18H,3-7,12-13H2,1-2H3. The largest absolute Gasteiger partial charge is 0.341 e. The molecule has 1 aromatic rings. The van der Waals surface area contributed by atoms with E-state index < -0.39 is 0 Å². The van der Waals surface area contributed by atoms with Gasteiger partial charge in [0.2, 0.25) is 5.91 Å². The van der Waals surface area contributed by atoms with Crippen LogP contribution in [0.15, 0.2) is 24.3 Å². The number of benzene rings is 1. The van der Waals surface area contributed by atoms with Gasteiger partial charge in [0.1, 0.15) is 0 Å². The maximum absolute atomic E-state index is 11.8. The van der Waals surface area contributed by atoms with E-state index in [1.165, 1.54) is 17.5 Å². The van der Waals surface area contributed by atoms with Gasteiger partial charge in [-0.05, 0) is 30.5 Å². The zero-order valence-corrected chi connectivity index (χ0v) is 12.7. The molecule has 110 valence electrons. The Morgan fingerprint density at radius 2 is 2.00 bits per heavy atom. The highest BCUT2D eigenvalue weighted by molar-refractivity contribution is 5.78. The van der Waals surface area contributed by atoms with Crippen LogP contribution in [0.1, 0.15) is 50.3 Å². The van der Waals surface area contributed by atoms with Crippen molar-refractivity contribution in [3.05, 3.63) is 35.4 Å². The molecule has 0 radical (unpaired) electrons. The Hall–Kier alpha value is -1.35. The van der Waals surface area contributed by atoms with Gasteiger partial charge in [-0.1, -0.05) is 44.5 Å². The molecular formula is C17H26N2O. The Balaban J connectivity index is 2.04. The second kappa shape index (κ2) is 7.44. The third-order valence-corrected chi connectivity index (χ3v) is 3.95. The summed E-state index contributed by atoms with van der Waals surface area (Å²) in [6.07, 6.45) is 4.04. The van der Waals surface area contributed by atoms with Crippen molar-refractivity contribution >= 4 is 5.91 Å². The normalized spacial score (nSPS) is 16.7. The molecule has 1 aliphatic heterocycles. The summed E-state index contributed by atoms with van der Waals surface area (Å²) < 4.78 is 0. The lowest BCUT2D eigenvalue weighted by Crippen LogP contribution is -2.35. The van der Waals surface area contributed by atoms with Crippen molar-refractivity contribution < 1.29 is 4.79 Å². The molecule has 2 rings (SSSR count). The molecular weight excluding hydrogens is 248 g/mol. The minimum absolute atomic E-state index is 0.248. The van der Waals surface area contributed by atoms with E-state index in [4.69, 9.17) is 0 Å². The van der Waals surface area contributed by atoms with Crippen molar-refractivity contribution in [2.24, 2.45) is 0 Å². The second-order valence-corrected chi connectivity index (χ2v) is 5.55. The van der Waals surface area contributed by atoms with Crippen LogP contribution in [-0.2, 0) is 11.2 Å². The molecule has 1 fully saturated rings. The Morgan fingerprint density at radius 3 is 2.55 bits per heavy atom. The van der Waals surface area contributed by atoms with Crippen LogP contribution in [0.25, 0.3) is 0 Å². The van der Waals surface area contributed by atoms with Gasteiger partial charge in [-0.25, -0.2) is 0 Å². The maximum atomic E-state index is 11.8. The highest BCUT2D eigenvalue weighted by Crippen LogP contribution is 2.19. The molecule has 0 spiro atoms. The van der Waals surface area contributed by atoms with Gasteiger partial charge in [0.15, 0.2) is 0 Å². The van der Waals surface area contributed by atoms with Crippen molar-refractivity contribution in [2.45, 2.75) is 45.6 Å². The number of aryl methyl sites for hydroxylation is 1. The minimum atomic E-state index is 0.248. The fourth-order valence-electron chi connectivity index (χ4n) is 2.86. The summed E-state index contributed by atoms with van der Waals surface area (Å²) in [5.41, 5.74) is 2.68. The average Bonchev–Trinajstić information content (AvgIpc) is 2.85. The molecule has 1 N–H and O–H groups in total. The lowest BCUT2D eigenvalue weighted by Gasteiger charge is -2.25. The molecule has 1 atom stereocenters. The summed E-state index contributed by atoms with van der Waals surface area (Å²) in [6, 6.07) is 9.10. The van der Waals surface area contributed by atoms with Crippen molar-refractivity contribution in [3.63, 3.8) is 0 Å². The predicted molar refractivity (Wildman–Crippen MR) is 82.7 cm³/mol. The monoisotopic (exact) mass is 274 g/mol.